The Morgan fingerprint density at radius 1 is 1.36 bits per heavy atom. The minimum Gasteiger partial charge on any atom is -0.444 e. The van der Waals surface area contributed by atoms with Crippen molar-refractivity contribution >= 4 is 6.09 Å². The molecular weight excluding hydrogens is 283 g/mol. The number of likely N-dealkylation sites (tertiary alicyclic amines) is 1. The van der Waals surface area contributed by atoms with Gasteiger partial charge >= 0.3 is 6.09 Å². The molecule has 0 radical (unpaired) electrons. The van der Waals surface area contributed by atoms with Crippen molar-refractivity contribution in [2.24, 2.45) is 11.7 Å². The number of hydrogen-bond donors (Lipinski definition) is 1. The van der Waals surface area contributed by atoms with Gasteiger partial charge in [-0.1, -0.05) is 12.1 Å². The SMILES string of the molecule is CC(C)(C)OC(=O)N1CC[C@@H](c2ccc(F)cc2)[C@@H](CN)C1. The summed E-state index contributed by atoms with van der Waals surface area (Å²) >= 11 is 0. The van der Waals surface area contributed by atoms with Crippen molar-refractivity contribution < 1.29 is 13.9 Å². The second-order valence-corrected chi connectivity index (χ2v) is 6.87. The molecule has 1 aromatic rings. The largest absolute Gasteiger partial charge is 0.444 e. The summed E-state index contributed by atoms with van der Waals surface area (Å²) in [5, 5.41) is 0. The van der Waals surface area contributed by atoms with Crippen LogP contribution in [-0.4, -0.2) is 36.2 Å². The summed E-state index contributed by atoms with van der Waals surface area (Å²) in [4.78, 5) is 13.9. The van der Waals surface area contributed by atoms with E-state index in [2.05, 4.69) is 0 Å². The Labute approximate surface area is 131 Å². The predicted octanol–water partition coefficient (Wildman–Crippen LogP) is 3.13. The van der Waals surface area contributed by atoms with Gasteiger partial charge in [-0.05, 0) is 63.3 Å². The highest BCUT2D eigenvalue weighted by Crippen LogP contribution is 2.33. The van der Waals surface area contributed by atoms with Crippen molar-refractivity contribution in [1.29, 1.82) is 0 Å². The highest BCUT2D eigenvalue weighted by Gasteiger charge is 2.33. The quantitative estimate of drug-likeness (QED) is 0.913. The van der Waals surface area contributed by atoms with Crippen molar-refractivity contribution in [3.63, 3.8) is 0 Å². The van der Waals surface area contributed by atoms with Gasteiger partial charge in [-0.15, -0.1) is 0 Å². The Bertz CT molecular complexity index is 510. The number of carbonyl (C=O) groups excluding carboxylic acids is 1. The average Bonchev–Trinajstić information content (AvgIpc) is 2.45. The van der Waals surface area contributed by atoms with Crippen LogP contribution in [-0.2, 0) is 4.74 Å². The number of benzene rings is 1. The van der Waals surface area contributed by atoms with Crippen molar-refractivity contribution in [2.75, 3.05) is 19.6 Å². The van der Waals surface area contributed by atoms with Gasteiger partial charge in [0.1, 0.15) is 11.4 Å². The minimum atomic E-state index is -0.497. The van der Waals surface area contributed by atoms with E-state index in [1.165, 1.54) is 12.1 Å². The number of carbonyl (C=O) groups is 1. The lowest BCUT2D eigenvalue weighted by molar-refractivity contribution is 0.0150. The summed E-state index contributed by atoms with van der Waals surface area (Å²) in [5.41, 5.74) is 6.48. The van der Waals surface area contributed by atoms with Gasteiger partial charge in [0.25, 0.3) is 0 Å². The lowest BCUT2D eigenvalue weighted by Gasteiger charge is -2.38. The van der Waals surface area contributed by atoms with E-state index in [1.54, 1.807) is 4.90 Å². The summed E-state index contributed by atoms with van der Waals surface area (Å²) in [7, 11) is 0. The Morgan fingerprint density at radius 3 is 2.55 bits per heavy atom. The maximum absolute atomic E-state index is 13.1. The van der Waals surface area contributed by atoms with Gasteiger partial charge in [-0.2, -0.15) is 0 Å². The standard InChI is InChI=1S/C17H25FN2O2/c1-17(2,3)22-16(21)20-9-8-15(13(10-19)11-20)12-4-6-14(18)7-5-12/h4-7,13,15H,8-11,19H2,1-3H3/t13-,15-/m0/s1. The molecule has 1 aliphatic rings. The molecule has 1 aliphatic heterocycles. The number of hydrogen-bond acceptors (Lipinski definition) is 3. The van der Waals surface area contributed by atoms with Crippen LogP contribution in [0.1, 0.15) is 38.7 Å². The lowest BCUT2D eigenvalue weighted by Crippen LogP contribution is -2.47. The summed E-state index contributed by atoms with van der Waals surface area (Å²) in [6, 6.07) is 6.57. The van der Waals surface area contributed by atoms with E-state index in [0.29, 0.717) is 19.6 Å². The summed E-state index contributed by atoms with van der Waals surface area (Å²) in [5.74, 6) is 0.176. The minimum absolute atomic E-state index is 0.159. The summed E-state index contributed by atoms with van der Waals surface area (Å²) in [6.45, 7) is 7.27. The number of rotatable bonds is 2. The highest BCUT2D eigenvalue weighted by atomic mass is 19.1. The molecule has 5 heteroatoms. The van der Waals surface area contributed by atoms with Gasteiger partial charge in [0.2, 0.25) is 0 Å². The number of ether oxygens (including phenoxy) is 1. The molecule has 2 N–H and O–H groups in total. The molecular formula is C17H25FN2O2. The first-order chi connectivity index (χ1) is 10.3. The average molecular weight is 308 g/mol. The molecule has 1 fully saturated rings. The van der Waals surface area contributed by atoms with Crippen LogP contribution in [0.5, 0.6) is 0 Å². The maximum atomic E-state index is 13.1. The molecule has 1 amide bonds. The number of piperidine rings is 1. The normalized spacial score (nSPS) is 22.5. The van der Waals surface area contributed by atoms with Crippen molar-refractivity contribution in [2.45, 2.75) is 38.7 Å². The molecule has 0 unspecified atom stereocenters. The molecule has 0 spiro atoms. The third-order valence-corrected chi connectivity index (χ3v) is 3.99. The van der Waals surface area contributed by atoms with Crippen LogP contribution in [0.4, 0.5) is 9.18 Å². The van der Waals surface area contributed by atoms with Crippen LogP contribution in [0, 0.1) is 11.7 Å². The molecule has 2 atom stereocenters. The fourth-order valence-corrected chi connectivity index (χ4v) is 2.91. The zero-order valence-corrected chi connectivity index (χ0v) is 13.5. The van der Waals surface area contributed by atoms with Gasteiger partial charge in [0.15, 0.2) is 0 Å². The summed E-state index contributed by atoms with van der Waals surface area (Å²) in [6.07, 6.45) is 0.524. The topological polar surface area (TPSA) is 55.6 Å². The molecule has 2 rings (SSSR count). The van der Waals surface area contributed by atoms with Gasteiger partial charge in [0.05, 0.1) is 0 Å². The molecule has 1 saturated heterocycles. The Hall–Kier alpha value is -1.62. The van der Waals surface area contributed by atoms with Crippen LogP contribution in [0.25, 0.3) is 0 Å². The Kier molecular flexibility index (Phi) is 5.06. The molecule has 0 aromatic heterocycles. The predicted molar refractivity (Wildman–Crippen MR) is 84.1 cm³/mol. The van der Waals surface area contributed by atoms with Crippen LogP contribution < -0.4 is 5.73 Å². The summed E-state index contributed by atoms with van der Waals surface area (Å²) < 4.78 is 18.5. The molecule has 0 saturated carbocycles. The Morgan fingerprint density at radius 2 is 2.00 bits per heavy atom. The maximum Gasteiger partial charge on any atom is 0.410 e. The van der Waals surface area contributed by atoms with Crippen molar-refractivity contribution in [3.05, 3.63) is 35.6 Å². The second-order valence-electron chi connectivity index (χ2n) is 6.87. The molecule has 0 aliphatic carbocycles. The first kappa shape index (κ1) is 16.7. The third kappa shape index (κ3) is 4.19. The zero-order valence-electron chi connectivity index (χ0n) is 13.5. The number of amides is 1. The van der Waals surface area contributed by atoms with Crippen molar-refractivity contribution in [1.82, 2.24) is 4.90 Å². The van der Waals surface area contributed by atoms with Crippen LogP contribution in [0.15, 0.2) is 24.3 Å². The van der Waals surface area contributed by atoms with E-state index in [1.807, 2.05) is 32.9 Å². The lowest BCUT2D eigenvalue weighted by atomic mass is 9.80. The highest BCUT2D eigenvalue weighted by molar-refractivity contribution is 5.68. The van der Waals surface area contributed by atoms with E-state index in [-0.39, 0.29) is 23.7 Å². The molecule has 4 nitrogen and oxygen atoms in total. The van der Waals surface area contributed by atoms with E-state index >= 15 is 0 Å². The van der Waals surface area contributed by atoms with Gasteiger partial charge in [-0.3, -0.25) is 0 Å². The molecule has 122 valence electrons. The third-order valence-electron chi connectivity index (χ3n) is 3.99. The number of nitrogens with zero attached hydrogens (tertiary/aromatic N) is 1. The molecule has 1 heterocycles. The fraction of sp³-hybridized carbons (Fsp3) is 0.588. The van der Waals surface area contributed by atoms with E-state index in [0.717, 1.165) is 12.0 Å². The van der Waals surface area contributed by atoms with Gasteiger partial charge < -0.3 is 15.4 Å². The van der Waals surface area contributed by atoms with Gasteiger partial charge in [-0.25, -0.2) is 9.18 Å². The molecule has 0 bridgehead atoms. The van der Waals surface area contributed by atoms with Crippen LogP contribution in [0.3, 0.4) is 0 Å². The monoisotopic (exact) mass is 308 g/mol. The van der Waals surface area contributed by atoms with Crippen LogP contribution >= 0.6 is 0 Å². The van der Waals surface area contributed by atoms with E-state index in [4.69, 9.17) is 10.5 Å². The molecule has 22 heavy (non-hydrogen) atoms. The van der Waals surface area contributed by atoms with E-state index in [9.17, 15) is 9.18 Å². The fourth-order valence-electron chi connectivity index (χ4n) is 2.91. The van der Waals surface area contributed by atoms with E-state index < -0.39 is 5.60 Å². The molecule has 1 aromatic carbocycles. The smallest absolute Gasteiger partial charge is 0.410 e. The second kappa shape index (κ2) is 6.65. The number of nitrogens with two attached hydrogens (primary N) is 1. The zero-order chi connectivity index (χ0) is 16.3. The number of halogens is 1. The first-order valence-electron chi connectivity index (χ1n) is 7.73. The Balaban J connectivity index is 2.05. The van der Waals surface area contributed by atoms with Gasteiger partial charge in [0, 0.05) is 13.1 Å². The first-order valence-corrected chi connectivity index (χ1v) is 7.73. The van der Waals surface area contributed by atoms with Crippen LogP contribution in [0.2, 0.25) is 0 Å². The van der Waals surface area contributed by atoms with Crippen molar-refractivity contribution in [3.8, 4) is 0 Å².